The summed E-state index contributed by atoms with van der Waals surface area (Å²) in [4.78, 5) is 18.4. The molecule has 6 nitrogen and oxygen atoms in total. The van der Waals surface area contributed by atoms with Gasteiger partial charge in [-0.3, -0.25) is 15.0 Å². The van der Waals surface area contributed by atoms with Gasteiger partial charge in [-0.25, -0.2) is 4.98 Å². The van der Waals surface area contributed by atoms with Crippen LogP contribution in [0.5, 0.6) is 0 Å². The lowest BCUT2D eigenvalue weighted by Crippen LogP contribution is -2.46. The molecule has 0 spiro atoms. The van der Waals surface area contributed by atoms with Gasteiger partial charge in [0, 0.05) is 62.8 Å². The number of nitro benzene ring substituents is 1. The number of hydrogen-bond donors (Lipinski definition) is 0. The number of rotatable bonds is 4. The first-order valence-corrected chi connectivity index (χ1v) is 7.44. The van der Waals surface area contributed by atoms with E-state index in [1.807, 2.05) is 6.07 Å². The first kappa shape index (κ1) is 15.4. The number of aromatic nitrogens is 1. The van der Waals surface area contributed by atoms with Gasteiger partial charge in [0.2, 0.25) is 5.95 Å². The number of halogens is 1. The summed E-state index contributed by atoms with van der Waals surface area (Å²) in [6.07, 6.45) is 1.47. The van der Waals surface area contributed by atoms with Crippen molar-refractivity contribution in [3.05, 3.63) is 64.2 Å². The smallest absolute Gasteiger partial charge is 0.269 e. The summed E-state index contributed by atoms with van der Waals surface area (Å²) in [5.41, 5.74) is 1.89. The summed E-state index contributed by atoms with van der Waals surface area (Å²) >= 11 is 0. The molecule has 23 heavy (non-hydrogen) atoms. The molecule has 2 heterocycles. The average Bonchev–Trinajstić information content (AvgIpc) is 2.56. The number of benzene rings is 1. The molecule has 1 aromatic heterocycles. The van der Waals surface area contributed by atoms with Gasteiger partial charge in [-0.1, -0.05) is 12.1 Å². The van der Waals surface area contributed by atoms with Gasteiger partial charge in [0.1, 0.15) is 0 Å². The Morgan fingerprint density at radius 3 is 2.65 bits per heavy atom. The van der Waals surface area contributed by atoms with Gasteiger partial charge in [-0.2, -0.15) is 4.39 Å². The first-order chi connectivity index (χ1) is 11.1. The van der Waals surface area contributed by atoms with Crippen molar-refractivity contribution < 1.29 is 9.31 Å². The fourth-order valence-electron chi connectivity index (χ4n) is 2.78. The second-order valence-electron chi connectivity index (χ2n) is 5.53. The third kappa shape index (κ3) is 3.81. The Labute approximate surface area is 133 Å². The number of anilines is 1. The zero-order chi connectivity index (χ0) is 16.2. The molecule has 0 bridgehead atoms. The maximum absolute atomic E-state index is 13.2. The van der Waals surface area contributed by atoms with Crippen molar-refractivity contribution in [1.29, 1.82) is 0 Å². The van der Waals surface area contributed by atoms with Gasteiger partial charge < -0.3 is 4.90 Å². The molecule has 0 unspecified atom stereocenters. The molecule has 1 aromatic carbocycles. The molecule has 0 amide bonds. The summed E-state index contributed by atoms with van der Waals surface area (Å²) < 4.78 is 13.2. The second kappa shape index (κ2) is 6.70. The lowest BCUT2D eigenvalue weighted by atomic mass is 10.1. The highest BCUT2D eigenvalue weighted by Crippen LogP contribution is 2.19. The predicted molar refractivity (Wildman–Crippen MR) is 84.8 cm³/mol. The van der Waals surface area contributed by atoms with Crippen molar-refractivity contribution in [3.8, 4) is 0 Å². The van der Waals surface area contributed by atoms with E-state index in [-0.39, 0.29) is 10.6 Å². The molecule has 120 valence electrons. The van der Waals surface area contributed by atoms with E-state index in [1.54, 1.807) is 18.2 Å². The van der Waals surface area contributed by atoms with E-state index in [0.29, 0.717) is 6.54 Å². The van der Waals surface area contributed by atoms with Crippen LogP contribution in [-0.2, 0) is 6.54 Å². The van der Waals surface area contributed by atoms with E-state index in [0.717, 1.165) is 37.4 Å². The molecule has 0 atom stereocenters. The summed E-state index contributed by atoms with van der Waals surface area (Å²) in [5.74, 6) is -0.471. The maximum atomic E-state index is 13.2. The minimum atomic E-state index is -0.471. The van der Waals surface area contributed by atoms with Crippen molar-refractivity contribution in [2.75, 3.05) is 31.1 Å². The van der Waals surface area contributed by atoms with Gasteiger partial charge in [-0.15, -0.1) is 0 Å². The summed E-state index contributed by atoms with van der Waals surface area (Å²) in [6.45, 7) is 3.91. The largest absolute Gasteiger partial charge is 0.369 e. The third-order valence-corrected chi connectivity index (χ3v) is 3.98. The molecule has 0 saturated carbocycles. The van der Waals surface area contributed by atoms with E-state index in [4.69, 9.17) is 0 Å². The van der Waals surface area contributed by atoms with Crippen LogP contribution in [0.15, 0.2) is 42.6 Å². The van der Waals surface area contributed by atoms with E-state index >= 15 is 0 Å². The predicted octanol–water partition coefficient (Wildman–Crippen LogP) is 2.45. The minimum Gasteiger partial charge on any atom is -0.369 e. The number of hydrogen-bond acceptors (Lipinski definition) is 5. The second-order valence-corrected chi connectivity index (χ2v) is 5.53. The molecule has 1 aliphatic heterocycles. The fraction of sp³-hybridized carbons (Fsp3) is 0.312. The van der Waals surface area contributed by atoms with Crippen LogP contribution in [-0.4, -0.2) is 41.0 Å². The number of nitro groups is 1. The number of nitrogens with zero attached hydrogens (tertiary/aromatic N) is 4. The van der Waals surface area contributed by atoms with Crippen LogP contribution in [0.1, 0.15) is 5.56 Å². The van der Waals surface area contributed by atoms with Gasteiger partial charge in [0.15, 0.2) is 0 Å². The highest BCUT2D eigenvalue weighted by molar-refractivity contribution is 5.45. The van der Waals surface area contributed by atoms with E-state index in [1.165, 1.54) is 18.3 Å². The van der Waals surface area contributed by atoms with Gasteiger partial charge in [0.05, 0.1) is 4.92 Å². The van der Waals surface area contributed by atoms with E-state index in [2.05, 4.69) is 14.8 Å². The minimum absolute atomic E-state index is 0.119. The Hall–Kier alpha value is -2.54. The van der Waals surface area contributed by atoms with Crippen LogP contribution >= 0.6 is 0 Å². The highest BCUT2D eigenvalue weighted by Gasteiger charge is 2.18. The van der Waals surface area contributed by atoms with E-state index in [9.17, 15) is 14.5 Å². The normalized spacial score (nSPS) is 15.6. The van der Waals surface area contributed by atoms with Crippen molar-refractivity contribution in [3.63, 3.8) is 0 Å². The van der Waals surface area contributed by atoms with Crippen molar-refractivity contribution in [2.45, 2.75) is 6.54 Å². The average molecular weight is 316 g/mol. The Morgan fingerprint density at radius 2 is 1.96 bits per heavy atom. The van der Waals surface area contributed by atoms with Crippen molar-refractivity contribution in [2.24, 2.45) is 0 Å². The van der Waals surface area contributed by atoms with Crippen LogP contribution in [0.3, 0.4) is 0 Å². The first-order valence-electron chi connectivity index (χ1n) is 7.44. The van der Waals surface area contributed by atoms with Crippen LogP contribution < -0.4 is 4.90 Å². The number of non-ortho nitro benzene ring substituents is 1. The molecule has 3 rings (SSSR count). The van der Waals surface area contributed by atoms with Crippen molar-refractivity contribution >= 4 is 11.4 Å². The number of piperazine rings is 1. The molecule has 0 aliphatic carbocycles. The summed E-state index contributed by atoms with van der Waals surface area (Å²) in [7, 11) is 0. The van der Waals surface area contributed by atoms with Crippen LogP contribution in [0, 0.1) is 16.1 Å². The summed E-state index contributed by atoms with van der Waals surface area (Å²) in [5, 5.41) is 10.8. The molecule has 0 N–H and O–H groups in total. The van der Waals surface area contributed by atoms with Crippen molar-refractivity contribution in [1.82, 2.24) is 9.88 Å². The van der Waals surface area contributed by atoms with Crippen LogP contribution in [0.2, 0.25) is 0 Å². The zero-order valence-corrected chi connectivity index (χ0v) is 12.6. The van der Waals surface area contributed by atoms with Gasteiger partial charge in [-0.05, 0) is 11.6 Å². The SMILES string of the molecule is O=[N+]([O-])c1cccc(CN2CCN(c3ccnc(F)c3)CC2)c1. The van der Waals surface area contributed by atoms with Gasteiger partial charge in [0.25, 0.3) is 5.69 Å². The number of pyridine rings is 1. The molecule has 1 fully saturated rings. The Bertz CT molecular complexity index is 702. The van der Waals surface area contributed by atoms with Gasteiger partial charge >= 0.3 is 0 Å². The fourth-order valence-corrected chi connectivity index (χ4v) is 2.78. The topological polar surface area (TPSA) is 62.5 Å². The molecule has 7 heteroatoms. The molecular weight excluding hydrogens is 299 g/mol. The standard InChI is InChI=1S/C16H17FN4O2/c17-16-11-14(4-5-18-16)20-8-6-19(7-9-20)12-13-2-1-3-15(10-13)21(22)23/h1-5,10-11H,6-9,12H2. The lowest BCUT2D eigenvalue weighted by Gasteiger charge is -2.36. The molecule has 1 saturated heterocycles. The Balaban J connectivity index is 1.59. The summed E-state index contributed by atoms with van der Waals surface area (Å²) in [6, 6.07) is 9.97. The van der Waals surface area contributed by atoms with Crippen LogP contribution in [0.25, 0.3) is 0 Å². The quantitative estimate of drug-likeness (QED) is 0.492. The maximum Gasteiger partial charge on any atom is 0.269 e. The monoisotopic (exact) mass is 316 g/mol. The van der Waals surface area contributed by atoms with E-state index < -0.39 is 5.95 Å². The zero-order valence-electron chi connectivity index (χ0n) is 12.6. The molecular formula is C16H17FN4O2. The molecule has 1 aliphatic rings. The molecule has 2 aromatic rings. The molecule has 0 radical (unpaired) electrons. The Kier molecular flexibility index (Phi) is 4.47. The highest BCUT2D eigenvalue weighted by atomic mass is 19.1. The third-order valence-electron chi connectivity index (χ3n) is 3.98. The van der Waals surface area contributed by atoms with Crippen LogP contribution in [0.4, 0.5) is 15.8 Å². The lowest BCUT2D eigenvalue weighted by molar-refractivity contribution is -0.384. The Morgan fingerprint density at radius 1 is 1.17 bits per heavy atom.